The minimum atomic E-state index is 0.722. The van der Waals surface area contributed by atoms with Gasteiger partial charge in [-0.1, -0.05) is 22.0 Å². The monoisotopic (exact) mass is 331 g/mol. The standard InChI is InChI=1S/C14H14BrN5/c1-16-20-6-5-13-12(8-20)14(18-9-17-13)19-11-4-2-3-10(15)7-11/h2-7,9,16H,8H2,1H3,(H,17,18,19). The normalized spacial score (nSPS) is 13.2. The highest BCUT2D eigenvalue weighted by Gasteiger charge is 2.16. The van der Waals surface area contributed by atoms with E-state index in [1.54, 1.807) is 6.33 Å². The van der Waals surface area contributed by atoms with Crippen LogP contribution in [-0.2, 0) is 6.54 Å². The van der Waals surface area contributed by atoms with Crippen LogP contribution in [0.4, 0.5) is 11.5 Å². The van der Waals surface area contributed by atoms with Gasteiger partial charge in [-0.25, -0.2) is 15.4 Å². The lowest BCUT2D eigenvalue weighted by molar-refractivity contribution is 0.288. The number of fused-ring (bicyclic) bond motifs is 1. The van der Waals surface area contributed by atoms with Crippen molar-refractivity contribution < 1.29 is 0 Å². The fourth-order valence-corrected chi connectivity index (χ4v) is 2.47. The maximum absolute atomic E-state index is 4.36. The zero-order valence-corrected chi connectivity index (χ0v) is 12.6. The van der Waals surface area contributed by atoms with Gasteiger partial charge in [0.1, 0.15) is 12.1 Å². The van der Waals surface area contributed by atoms with Gasteiger partial charge in [-0.05, 0) is 24.3 Å². The zero-order valence-electron chi connectivity index (χ0n) is 11.0. The molecule has 5 nitrogen and oxygen atoms in total. The van der Waals surface area contributed by atoms with E-state index >= 15 is 0 Å². The highest BCUT2D eigenvalue weighted by atomic mass is 79.9. The Labute approximate surface area is 125 Å². The van der Waals surface area contributed by atoms with Gasteiger partial charge in [0.05, 0.1) is 12.2 Å². The number of aromatic nitrogens is 2. The van der Waals surface area contributed by atoms with E-state index in [4.69, 9.17) is 0 Å². The van der Waals surface area contributed by atoms with Crippen LogP contribution in [0.5, 0.6) is 0 Å². The molecule has 1 aliphatic rings. The third-order valence-electron chi connectivity index (χ3n) is 3.09. The summed E-state index contributed by atoms with van der Waals surface area (Å²) in [4.78, 5) is 8.67. The van der Waals surface area contributed by atoms with Crippen molar-refractivity contribution in [3.8, 4) is 0 Å². The van der Waals surface area contributed by atoms with Gasteiger partial charge in [0.2, 0.25) is 0 Å². The Balaban J connectivity index is 1.93. The van der Waals surface area contributed by atoms with Gasteiger partial charge in [-0.3, -0.25) is 0 Å². The predicted octanol–water partition coefficient (Wildman–Crippen LogP) is 2.90. The summed E-state index contributed by atoms with van der Waals surface area (Å²) in [7, 11) is 1.89. The Morgan fingerprint density at radius 2 is 2.20 bits per heavy atom. The smallest absolute Gasteiger partial charge is 0.139 e. The van der Waals surface area contributed by atoms with E-state index in [1.807, 2.05) is 48.6 Å². The van der Waals surface area contributed by atoms with Crippen LogP contribution in [0.3, 0.4) is 0 Å². The second kappa shape index (κ2) is 5.60. The van der Waals surface area contributed by atoms with Gasteiger partial charge in [-0.2, -0.15) is 0 Å². The number of hydrogen-bond donors (Lipinski definition) is 2. The first kappa shape index (κ1) is 13.1. The molecule has 0 saturated heterocycles. The van der Waals surface area contributed by atoms with E-state index in [-0.39, 0.29) is 0 Å². The van der Waals surface area contributed by atoms with Gasteiger partial charge in [0.25, 0.3) is 0 Å². The number of rotatable bonds is 3. The quantitative estimate of drug-likeness (QED) is 0.905. The second-order valence-electron chi connectivity index (χ2n) is 4.39. The van der Waals surface area contributed by atoms with E-state index in [0.29, 0.717) is 0 Å². The second-order valence-corrected chi connectivity index (χ2v) is 5.30. The minimum absolute atomic E-state index is 0.722. The van der Waals surface area contributed by atoms with Crippen molar-refractivity contribution in [1.29, 1.82) is 0 Å². The lowest BCUT2D eigenvalue weighted by Gasteiger charge is -2.25. The van der Waals surface area contributed by atoms with Crippen molar-refractivity contribution in [2.24, 2.45) is 0 Å². The van der Waals surface area contributed by atoms with E-state index < -0.39 is 0 Å². The first-order chi connectivity index (χ1) is 9.76. The van der Waals surface area contributed by atoms with Gasteiger partial charge in [0, 0.05) is 29.0 Å². The molecule has 3 rings (SSSR count). The van der Waals surface area contributed by atoms with Crippen molar-refractivity contribution in [2.45, 2.75) is 6.54 Å². The molecule has 0 radical (unpaired) electrons. The van der Waals surface area contributed by atoms with Crippen molar-refractivity contribution in [2.75, 3.05) is 12.4 Å². The van der Waals surface area contributed by atoms with Crippen LogP contribution in [0.2, 0.25) is 0 Å². The number of hydrazine groups is 1. The molecule has 1 aromatic carbocycles. The van der Waals surface area contributed by atoms with E-state index in [2.05, 4.69) is 36.6 Å². The highest BCUT2D eigenvalue weighted by Crippen LogP contribution is 2.26. The molecule has 102 valence electrons. The molecule has 6 heteroatoms. The van der Waals surface area contributed by atoms with Gasteiger partial charge in [-0.15, -0.1) is 0 Å². The lowest BCUT2D eigenvalue weighted by atomic mass is 10.1. The summed E-state index contributed by atoms with van der Waals surface area (Å²) in [5.41, 5.74) is 6.11. The Morgan fingerprint density at radius 3 is 3.00 bits per heavy atom. The summed E-state index contributed by atoms with van der Waals surface area (Å²) in [6.07, 6.45) is 5.53. The molecule has 0 saturated carbocycles. The summed E-state index contributed by atoms with van der Waals surface area (Å²) in [5.74, 6) is 0.831. The van der Waals surface area contributed by atoms with Crippen LogP contribution < -0.4 is 10.7 Å². The average molecular weight is 332 g/mol. The Kier molecular flexibility index (Phi) is 3.66. The zero-order chi connectivity index (χ0) is 13.9. The molecule has 0 spiro atoms. The Morgan fingerprint density at radius 1 is 1.30 bits per heavy atom. The van der Waals surface area contributed by atoms with Crippen molar-refractivity contribution in [3.05, 3.63) is 52.5 Å². The van der Waals surface area contributed by atoms with E-state index in [0.717, 1.165) is 33.8 Å². The molecular weight excluding hydrogens is 318 g/mol. The largest absolute Gasteiger partial charge is 0.340 e. The topological polar surface area (TPSA) is 53.1 Å². The van der Waals surface area contributed by atoms with Crippen molar-refractivity contribution in [3.63, 3.8) is 0 Å². The first-order valence-electron chi connectivity index (χ1n) is 6.25. The van der Waals surface area contributed by atoms with Gasteiger partial charge < -0.3 is 10.3 Å². The number of anilines is 2. The van der Waals surface area contributed by atoms with Crippen molar-refractivity contribution in [1.82, 2.24) is 20.4 Å². The van der Waals surface area contributed by atoms with Crippen LogP contribution in [-0.4, -0.2) is 22.0 Å². The number of benzene rings is 1. The molecule has 0 unspecified atom stereocenters. The molecule has 0 amide bonds. The van der Waals surface area contributed by atoms with Gasteiger partial charge in [0.15, 0.2) is 0 Å². The number of halogens is 1. The van der Waals surface area contributed by atoms with Crippen molar-refractivity contribution >= 4 is 33.5 Å². The summed E-state index contributed by atoms with van der Waals surface area (Å²) in [5, 5.41) is 5.33. The van der Waals surface area contributed by atoms with Crippen LogP contribution in [0.1, 0.15) is 11.3 Å². The minimum Gasteiger partial charge on any atom is -0.340 e. The van der Waals surface area contributed by atoms with Crippen LogP contribution in [0.25, 0.3) is 6.08 Å². The molecule has 2 aromatic rings. The average Bonchev–Trinajstić information content (AvgIpc) is 2.47. The highest BCUT2D eigenvalue weighted by molar-refractivity contribution is 9.10. The number of nitrogens with one attached hydrogen (secondary N) is 2. The summed E-state index contributed by atoms with van der Waals surface area (Å²) in [6.45, 7) is 0.722. The van der Waals surface area contributed by atoms with Gasteiger partial charge >= 0.3 is 0 Å². The fraction of sp³-hybridized carbons (Fsp3) is 0.143. The summed E-state index contributed by atoms with van der Waals surface area (Å²) >= 11 is 3.47. The Hall–Kier alpha value is -1.92. The molecule has 0 aliphatic carbocycles. The molecular formula is C14H14BrN5. The predicted molar refractivity (Wildman–Crippen MR) is 83.1 cm³/mol. The lowest BCUT2D eigenvalue weighted by Crippen LogP contribution is -2.31. The maximum atomic E-state index is 4.36. The molecule has 0 fully saturated rings. The van der Waals surface area contributed by atoms with Crippen LogP contribution in [0.15, 0.2) is 41.3 Å². The Bertz CT molecular complexity index is 656. The SMILES string of the molecule is CNN1C=Cc2ncnc(Nc3cccc(Br)c3)c2C1. The van der Waals surface area contributed by atoms with E-state index in [1.165, 1.54) is 0 Å². The maximum Gasteiger partial charge on any atom is 0.139 e. The number of nitrogens with zero attached hydrogens (tertiary/aromatic N) is 3. The molecule has 0 bridgehead atoms. The number of hydrogen-bond acceptors (Lipinski definition) is 5. The fourth-order valence-electron chi connectivity index (χ4n) is 2.07. The molecule has 1 aliphatic heterocycles. The molecule has 20 heavy (non-hydrogen) atoms. The van der Waals surface area contributed by atoms with Crippen LogP contribution in [0, 0.1) is 0 Å². The van der Waals surface area contributed by atoms with Crippen LogP contribution >= 0.6 is 15.9 Å². The third kappa shape index (κ3) is 2.66. The molecule has 1 aromatic heterocycles. The molecule has 0 atom stereocenters. The third-order valence-corrected chi connectivity index (χ3v) is 3.59. The summed E-state index contributed by atoms with van der Waals surface area (Å²) in [6, 6.07) is 8.00. The van der Waals surface area contributed by atoms with E-state index in [9.17, 15) is 0 Å². The first-order valence-corrected chi connectivity index (χ1v) is 7.04. The molecule has 2 heterocycles. The summed E-state index contributed by atoms with van der Waals surface area (Å²) < 4.78 is 1.03. The molecule has 2 N–H and O–H groups in total.